The van der Waals surface area contributed by atoms with Gasteiger partial charge in [-0.15, -0.1) is 0 Å². The van der Waals surface area contributed by atoms with Crippen LogP contribution in [0.2, 0.25) is 0 Å². The van der Waals surface area contributed by atoms with Gasteiger partial charge in [-0.05, 0) is 48.7 Å². The van der Waals surface area contributed by atoms with Gasteiger partial charge in [0.2, 0.25) is 5.91 Å². The van der Waals surface area contributed by atoms with E-state index in [1.807, 2.05) is 0 Å². The summed E-state index contributed by atoms with van der Waals surface area (Å²) in [5.74, 6) is -0.378. The SMILES string of the molecule is NCOc1c(-c2ccc(NC(=O)Nc3cc(C(F)(F)F)ccc3F)cc2)c[nH]c1NC(=O)C1CC1. The molecule has 8 nitrogen and oxygen atoms in total. The molecule has 0 atom stereocenters. The first-order valence-corrected chi connectivity index (χ1v) is 10.6. The molecule has 1 aliphatic rings. The number of rotatable bonds is 7. The van der Waals surface area contributed by atoms with Crippen molar-refractivity contribution in [1.29, 1.82) is 0 Å². The number of nitrogens with two attached hydrogens (primary N) is 1. The predicted molar refractivity (Wildman–Crippen MR) is 121 cm³/mol. The Labute approximate surface area is 196 Å². The van der Waals surface area contributed by atoms with Gasteiger partial charge in [0.15, 0.2) is 11.6 Å². The van der Waals surface area contributed by atoms with Crippen LogP contribution < -0.4 is 26.4 Å². The molecular weight excluding hydrogens is 470 g/mol. The molecule has 0 radical (unpaired) electrons. The summed E-state index contributed by atoms with van der Waals surface area (Å²) >= 11 is 0. The Kier molecular flexibility index (Phi) is 6.65. The number of aromatic amines is 1. The van der Waals surface area contributed by atoms with Crippen molar-refractivity contribution in [2.75, 3.05) is 22.7 Å². The summed E-state index contributed by atoms with van der Waals surface area (Å²) in [6, 6.07) is 7.20. The largest absolute Gasteiger partial charge is 0.474 e. The molecule has 3 amide bonds. The van der Waals surface area contributed by atoms with E-state index in [9.17, 15) is 27.2 Å². The van der Waals surface area contributed by atoms with Crippen LogP contribution in [-0.2, 0) is 11.0 Å². The number of amides is 3. The molecule has 2 aromatic carbocycles. The maximum absolute atomic E-state index is 13.9. The standard InChI is InChI=1S/C23H21F4N5O3/c24-17-8-5-14(23(25,26)27)9-18(17)31-22(34)30-15-6-3-12(4-7-15)16-10-29-20(19(16)35-11-28)32-21(33)13-1-2-13/h3-10,13,29H,1-2,11,28H2,(H,32,33)(H2,30,31,34). The molecule has 0 saturated heterocycles. The molecular formula is C23H21F4N5O3. The molecule has 1 fully saturated rings. The molecule has 1 saturated carbocycles. The zero-order chi connectivity index (χ0) is 25.2. The van der Waals surface area contributed by atoms with Crippen LogP contribution >= 0.6 is 0 Å². The number of carbonyl (C=O) groups is 2. The van der Waals surface area contributed by atoms with Crippen molar-refractivity contribution in [3.63, 3.8) is 0 Å². The average molecular weight is 491 g/mol. The lowest BCUT2D eigenvalue weighted by Gasteiger charge is -2.12. The van der Waals surface area contributed by atoms with E-state index in [2.05, 4.69) is 20.9 Å². The van der Waals surface area contributed by atoms with E-state index in [1.165, 1.54) is 0 Å². The second kappa shape index (κ2) is 9.66. The minimum Gasteiger partial charge on any atom is -0.474 e. The van der Waals surface area contributed by atoms with Crippen LogP contribution in [-0.4, -0.2) is 23.7 Å². The Morgan fingerprint density at radius 2 is 1.77 bits per heavy atom. The topological polar surface area (TPSA) is 121 Å². The van der Waals surface area contributed by atoms with Gasteiger partial charge in [-0.25, -0.2) is 9.18 Å². The minimum absolute atomic E-state index is 0.00612. The Hall–Kier alpha value is -4.06. The summed E-state index contributed by atoms with van der Waals surface area (Å²) in [6.45, 7) is -0.122. The maximum atomic E-state index is 13.9. The quantitative estimate of drug-likeness (QED) is 0.232. The van der Waals surface area contributed by atoms with Gasteiger partial charge in [-0.1, -0.05) is 12.1 Å². The fourth-order valence-corrected chi connectivity index (χ4v) is 3.34. The van der Waals surface area contributed by atoms with E-state index in [4.69, 9.17) is 10.5 Å². The smallest absolute Gasteiger partial charge is 0.416 e. The summed E-state index contributed by atoms with van der Waals surface area (Å²) < 4.78 is 57.9. The summed E-state index contributed by atoms with van der Waals surface area (Å²) in [5.41, 5.74) is 5.43. The number of halogens is 4. The molecule has 1 aromatic heterocycles. The average Bonchev–Trinajstić information content (AvgIpc) is 3.59. The maximum Gasteiger partial charge on any atom is 0.416 e. The van der Waals surface area contributed by atoms with Crippen molar-refractivity contribution in [2.45, 2.75) is 19.0 Å². The zero-order valence-electron chi connectivity index (χ0n) is 18.1. The number of hydrogen-bond donors (Lipinski definition) is 5. The van der Waals surface area contributed by atoms with Crippen LogP contribution in [0, 0.1) is 11.7 Å². The molecule has 0 aliphatic heterocycles. The Balaban J connectivity index is 1.45. The Bertz CT molecular complexity index is 1240. The number of hydrogen-bond acceptors (Lipinski definition) is 4. The van der Waals surface area contributed by atoms with Gasteiger partial charge in [0, 0.05) is 23.4 Å². The molecule has 184 valence electrons. The summed E-state index contributed by atoms with van der Waals surface area (Å²) in [6.07, 6.45) is -1.36. The van der Waals surface area contributed by atoms with Gasteiger partial charge in [0.05, 0.1) is 11.3 Å². The third-order valence-corrected chi connectivity index (χ3v) is 5.25. The first-order chi connectivity index (χ1) is 16.7. The first-order valence-electron chi connectivity index (χ1n) is 10.6. The number of urea groups is 1. The molecule has 0 bridgehead atoms. The third-order valence-electron chi connectivity index (χ3n) is 5.25. The van der Waals surface area contributed by atoms with E-state index in [1.54, 1.807) is 30.5 Å². The third kappa shape index (κ3) is 5.72. The molecule has 3 aromatic rings. The van der Waals surface area contributed by atoms with Crippen LogP contribution in [0.4, 0.5) is 39.5 Å². The van der Waals surface area contributed by atoms with E-state index in [0.29, 0.717) is 46.6 Å². The number of alkyl halides is 3. The molecule has 1 aliphatic carbocycles. The van der Waals surface area contributed by atoms with Crippen LogP contribution in [0.5, 0.6) is 5.75 Å². The molecule has 1 heterocycles. The van der Waals surface area contributed by atoms with Crippen molar-refractivity contribution in [2.24, 2.45) is 11.7 Å². The van der Waals surface area contributed by atoms with E-state index in [-0.39, 0.29) is 18.6 Å². The number of H-pyrrole nitrogens is 1. The van der Waals surface area contributed by atoms with Crippen LogP contribution in [0.1, 0.15) is 18.4 Å². The number of aromatic nitrogens is 1. The van der Waals surface area contributed by atoms with Crippen molar-refractivity contribution >= 4 is 29.1 Å². The highest BCUT2D eigenvalue weighted by molar-refractivity contribution is 6.00. The van der Waals surface area contributed by atoms with Crippen LogP contribution in [0.25, 0.3) is 11.1 Å². The Morgan fingerprint density at radius 1 is 1.06 bits per heavy atom. The van der Waals surface area contributed by atoms with Gasteiger partial charge in [0.1, 0.15) is 12.5 Å². The summed E-state index contributed by atoms with van der Waals surface area (Å²) in [7, 11) is 0. The lowest BCUT2D eigenvalue weighted by Crippen LogP contribution is -2.20. The predicted octanol–water partition coefficient (Wildman–Crippen LogP) is 5.13. The van der Waals surface area contributed by atoms with Gasteiger partial charge >= 0.3 is 12.2 Å². The lowest BCUT2D eigenvalue weighted by atomic mass is 10.1. The molecule has 0 spiro atoms. The van der Waals surface area contributed by atoms with Crippen LogP contribution in [0.15, 0.2) is 48.7 Å². The van der Waals surface area contributed by atoms with Gasteiger partial charge in [-0.3, -0.25) is 10.5 Å². The highest BCUT2D eigenvalue weighted by Crippen LogP contribution is 2.38. The number of benzene rings is 2. The van der Waals surface area contributed by atoms with Crippen molar-refractivity contribution < 1.29 is 31.9 Å². The van der Waals surface area contributed by atoms with E-state index in [0.717, 1.165) is 12.8 Å². The second-order valence-corrected chi connectivity index (χ2v) is 7.83. The van der Waals surface area contributed by atoms with E-state index < -0.39 is 29.3 Å². The molecule has 6 N–H and O–H groups in total. The van der Waals surface area contributed by atoms with Crippen molar-refractivity contribution in [3.05, 3.63) is 60.0 Å². The minimum atomic E-state index is -4.68. The van der Waals surface area contributed by atoms with Crippen molar-refractivity contribution in [3.8, 4) is 16.9 Å². The van der Waals surface area contributed by atoms with Gasteiger partial charge in [-0.2, -0.15) is 13.2 Å². The monoisotopic (exact) mass is 491 g/mol. The fraction of sp³-hybridized carbons (Fsp3) is 0.217. The van der Waals surface area contributed by atoms with E-state index >= 15 is 0 Å². The van der Waals surface area contributed by atoms with Crippen molar-refractivity contribution in [1.82, 2.24) is 4.98 Å². The van der Waals surface area contributed by atoms with Gasteiger partial charge < -0.3 is 25.7 Å². The summed E-state index contributed by atoms with van der Waals surface area (Å²) in [4.78, 5) is 27.3. The molecule has 35 heavy (non-hydrogen) atoms. The second-order valence-electron chi connectivity index (χ2n) is 7.83. The number of nitrogens with one attached hydrogen (secondary N) is 4. The van der Waals surface area contributed by atoms with Gasteiger partial charge in [0.25, 0.3) is 0 Å². The highest BCUT2D eigenvalue weighted by Gasteiger charge is 2.32. The fourth-order valence-electron chi connectivity index (χ4n) is 3.34. The zero-order valence-corrected chi connectivity index (χ0v) is 18.1. The summed E-state index contributed by atoms with van der Waals surface area (Å²) in [5, 5.41) is 7.29. The number of ether oxygens (including phenoxy) is 1. The Morgan fingerprint density at radius 3 is 2.40 bits per heavy atom. The van der Waals surface area contributed by atoms with Crippen LogP contribution in [0.3, 0.4) is 0 Å². The molecule has 0 unspecified atom stereocenters. The number of anilines is 3. The first kappa shape index (κ1) is 24.1. The lowest BCUT2D eigenvalue weighted by molar-refractivity contribution is -0.137. The highest BCUT2D eigenvalue weighted by atomic mass is 19.4. The molecule has 4 rings (SSSR count). The number of carbonyl (C=O) groups excluding carboxylic acids is 2. The normalized spacial score (nSPS) is 13.3. The molecule has 12 heteroatoms.